The lowest BCUT2D eigenvalue weighted by atomic mass is 10.2. The van der Waals surface area contributed by atoms with Crippen LogP contribution in [0.25, 0.3) is 11.2 Å². The molecule has 0 saturated heterocycles. The average molecular weight is 400 g/mol. The van der Waals surface area contributed by atoms with E-state index in [9.17, 15) is 9.59 Å². The lowest BCUT2D eigenvalue weighted by Gasteiger charge is -2.24. The fraction of sp³-hybridized carbons (Fsp3) is 0.450. The normalized spacial score (nSPS) is 17.0. The molecule has 0 N–H and O–H groups in total. The van der Waals surface area contributed by atoms with Gasteiger partial charge in [-0.2, -0.15) is 0 Å². The number of thioether (sulfide) groups is 1. The first kappa shape index (κ1) is 18.9. The molecule has 1 atom stereocenters. The SMILES string of the molecule is CC1CCN(CCCn2c(=O)c3c(ncn3C)n(C)c2=O)c2ccccc2S1. The van der Waals surface area contributed by atoms with Gasteiger partial charge in [-0.1, -0.05) is 19.1 Å². The van der Waals surface area contributed by atoms with Gasteiger partial charge < -0.3 is 9.47 Å². The maximum atomic E-state index is 12.8. The highest BCUT2D eigenvalue weighted by atomic mass is 32.2. The van der Waals surface area contributed by atoms with Gasteiger partial charge in [-0.3, -0.25) is 13.9 Å². The number of imidazole rings is 1. The zero-order valence-corrected chi connectivity index (χ0v) is 17.3. The highest BCUT2D eigenvalue weighted by Gasteiger charge is 2.20. The van der Waals surface area contributed by atoms with Gasteiger partial charge in [0.15, 0.2) is 11.2 Å². The Bertz CT molecular complexity index is 1130. The molecule has 0 amide bonds. The Morgan fingerprint density at radius 1 is 1.18 bits per heavy atom. The molecule has 1 aliphatic rings. The lowest BCUT2D eigenvalue weighted by Crippen LogP contribution is -2.40. The monoisotopic (exact) mass is 399 g/mol. The van der Waals surface area contributed by atoms with Crippen LogP contribution in [-0.4, -0.2) is 37.0 Å². The molecular weight excluding hydrogens is 374 g/mol. The number of aromatic nitrogens is 4. The van der Waals surface area contributed by atoms with Crippen LogP contribution in [0.15, 0.2) is 45.1 Å². The number of anilines is 1. The van der Waals surface area contributed by atoms with Gasteiger partial charge in [-0.05, 0) is 25.0 Å². The Hall–Kier alpha value is -2.48. The van der Waals surface area contributed by atoms with Crippen LogP contribution in [0.3, 0.4) is 0 Å². The van der Waals surface area contributed by atoms with E-state index >= 15 is 0 Å². The minimum atomic E-state index is -0.309. The summed E-state index contributed by atoms with van der Waals surface area (Å²) >= 11 is 1.92. The van der Waals surface area contributed by atoms with E-state index in [1.54, 1.807) is 25.0 Å². The van der Waals surface area contributed by atoms with Crippen molar-refractivity contribution in [3.8, 4) is 0 Å². The molecule has 1 aliphatic heterocycles. The molecule has 1 aromatic carbocycles. The third-order valence-electron chi connectivity index (χ3n) is 5.35. The predicted molar refractivity (Wildman–Crippen MR) is 113 cm³/mol. The Balaban J connectivity index is 1.57. The molecular formula is C20H25N5O2S. The molecule has 8 heteroatoms. The molecule has 0 saturated carbocycles. The van der Waals surface area contributed by atoms with Crippen molar-refractivity contribution in [2.75, 3.05) is 18.0 Å². The first-order chi connectivity index (χ1) is 13.5. The van der Waals surface area contributed by atoms with E-state index in [-0.39, 0.29) is 11.2 Å². The zero-order valence-electron chi connectivity index (χ0n) is 16.5. The van der Waals surface area contributed by atoms with E-state index in [1.165, 1.54) is 19.7 Å². The second kappa shape index (κ2) is 7.50. The first-order valence-electron chi connectivity index (χ1n) is 9.59. The van der Waals surface area contributed by atoms with Crippen molar-refractivity contribution in [3.05, 3.63) is 51.4 Å². The molecule has 4 rings (SSSR count). The Kier molecular flexibility index (Phi) is 5.05. The summed E-state index contributed by atoms with van der Waals surface area (Å²) in [7, 11) is 3.44. The fourth-order valence-corrected chi connectivity index (χ4v) is 4.93. The average Bonchev–Trinajstić information content (AvgIpc) is 2.99. The van der Waals surface area contributed by atoms with Crippen molar-refractivity contribution in [2.45, 2.75) is 36.5 Å². The van der Waals surface area contributed by atoms with Crippen molar-refractivity contribution in [1.82, 2.24) is 18.7 Å². The Morgan fingerprint density at radius 3 is 2.79 bits per heavy atom. The third kappa shape index (κ3) is 3.26. The van der Waals surface area contributed by atoms with Gasteiger partial charge in [0.2, 0.25) is 0 Å². The van der Waals surface area contributed by atoms with Crippen LogP contribution < -0.4 is 16.1 Å². The van der Waals surface area contributed by atoms with Gasteiger partial charge in [-0.15, -0.1) is 11.8 Å². The third-order valence-corrected chi connectivity index (χ3v) is 6.59. The quantitative estimate of drug-likeness (QED) is 0.673. The molecule has 28 heavy (non-hydrogen) atoms. The van der Waals surface area contributed by atoms with Crippen LogP contribution in [0.2, 0.25) is 0 Å². The van der Waals surface area contributed by atoms with Gasteiger partial charge in [0, 0.05) is 43.9 Å². The van der Waals surface area contributed by atoms with Crippen molar-refractivity contribution in [2.24, 2.45) is 14.1 Å². The molecule has 0 fully saturated rings. The predicted octanol–water partition coefficient (Wildman–Crippen LogP) is 2.21. The summed E-state index contributed by atoms with van der Waals surface area (Å²) in [4.78, 5) is 33.3. The van der Waals surface area contributed by atoms with Crippen LogP contribution in [0.4, 0.5) is 5.69 Å². The molecule has 0 radical (unpaired) electrons. The van der Waals surface area contributed by atoms with Crippen LogP contribution in [-0.2, 0) is 20.6 Å². The second-order valence-corrected chi connectivity index (χ2v) is 8.83. The Morgan fingerprint density at radius 2 is 1.96 bits per heavy atom. The van der Waals surface area contributed by atoms with Crippen molar-refractivity contribution >= 4 is 28.6 Å². The van der Waals surface area contributed by atoms with Crippen molar-refractivity contribution < 1.29 is 0 Å². The number of aryl methyl sites for hydroxylation is 2. The minimum Gasteiger partial charge on any atom is -0.371 e. The number of rotatable bonds is 4. The number of hydrogen-bond acceptors (Lipinski definition) is 5. The van der Waals surface area contributed by atoms with Crippen LogP contribution in [0, 0.1) is 0 Å². The van der Waals surface area contributed by atoms with Crippen LogP contribution in [0.1, 0.15) is 19.8 Å². The van der Waals surface area contributed by atoms with Gasteiger partial charge in [0.1, 0.15) is 0 Å². The summed E-state index contributed by atoms with van der Waals surface area (Å²) < 4.78 is 4.47. The largest absolute Gasteiger partial charge is 0.371 e. The zero-order chi connectivity index (χ0) is 19.8. The van der Waals surface area contributed by atoms with Gasteiger partial charge in [0.25, 0.3) is 5.56 Å². The molecule has 3 heterocycles. The number of para-hydroxylation sites is 1. The number of fused-ring (bicyclic) bond motifs is 2. The van der Waals surface area contributed by atoms with Gasteiger partial charge in [-0.25, -0.2) is 9.78 Å². The summed E-state index contributed by atoms with van der Waals surface area (Å²) in [5, 5.41) is 0.577. The minimum absolute atomic E-state index is 0.265. The number of benzene rings is 1. The summed E-state index contributed by atoms with van der Waals surface area (Å²) in [6, 6.07) is 8.48. The molecule has 0 spiro atoms. The Labute approximate surface area is 167 Å². The topological polar surface area (TPSA) is 65.1 Å². The van der Waals surface area contributed by atoms with Crippen LogP contribution >= 0.6 is 11.8 Å². The van der Waals surface area contributed by atoms with Crippen molar-refractivity contribution in [1.29, 1.82) is 0 Å². The van der Waals surface area contributed by atoms with E-state index in [4.69, 9.17) is 0 Å². The van der Waals surface area contributed by atoms with Gasteiger partial charge >= 0.3 is 5.69 Å². The smallest absolute Gasteiger partial charge is 0.332 e. The summed E-state index contributed by atoms with van der Waals surface area (Å²) in [5.41, 5.74) is 1.57. The second-order valence-electron chi connectivity index (χ2n) is 7.35. The first-order valence-corrected chi connectivity index (χ1v) is 10.5. The number of nitrogens with zero attached hydrogens (tertiary/aromatic N) is 5. The highest BCUT2D eigenvalue weighted by molar-refractivity contribution is 8.00. The maximum absolute atomic E-state index is 12.8. The highest BCUT2D eigenvalue weighted by Crippen LogP contribution is 2.37. The number of hydrogen-bond donors (Lipinski definition) is 0. The summed E-state index contributed by atoms with van der Waals surface area (Å²) in [6.07, 6.45) is 3.41. The van der Waals surface area contributed by atoms with Crippen LogP contribution in [0.5, 0.6) is 0 Å². The fourth-order valence-electron chi connectivity index (χ4n) is 3.80. The summed E-state index contributed by atoms with van der Waals surface area (Å²) in [6.45, 7) is 4.45. The molecule has 0 bridgehead atoms. The summed E-state index contributed by atoms with van der Waals surface area (Å²) in [5.74, 6) is 0. The molecule has 148 valence electrons. The molecule has 7 nitrogen and oxygen atoms in total. The van der Waals surface area contributed by atoms with E-state index in [2.05, 4.69) is 41.1 Å². The molecule has 1 unspecified atom stereocenters. The van der Waals surface area contributed by atoms with Crippen molar-refractivity contribution in [3.63, 3.8) is 0 Å². The molecule has 2 aromatic heterocycles. The van der Waals surface area contributed by atoms with E-state index in [1.807, 2.05) is 11.8 Å². The lowest BCUT2D eigenvalue weighted by molar-refractivity contribution is 0.561. The van der Waals surface area contributed by atoms with E-state index in [0.717, 1.165) is 25.9 Å². The van der Waals surface area contributed by atoms with Gasteiger partial charge in [0.05, 0.1) is 12.0 Å². The molecule has 0 aliphatic carbocycles. The standard InChI is InChI=1S/C20H25N5O2S/c1-14-9-12-24(15-7-4-5-8-16(15)28-14)10-6-11-25-19(26)17-18(21-13-22(17)2)23(3)20(25)27/h4-5,7-8,13-14H,6,9-12H2,1-3H3. The van der Waals surface area contributed by atoms with E-state index in [0.29, 0.717) is 23.0 Å². The maximum Gasteiger partial charge on any atom is 0.332 e. The molecule has 3 aromatic rings. The van der Waals surface area contributed by atoms with E-state index < -0.39 is 0 Å².